The fourth-order valence-electron chi connectivity index (χ4n) is 1.66. The summed E-state index contributed by atoms with van der Waals surface area (Å²) in [6.45, 7) is 0. The highest BCUT2D eigenvalue weighted by atomic mass is 35.5. The van der Waals surface area contributed by atoms with Gasteiger partial charge in [-0.3, -0.25) is 4.99 Å². The maximum absolute atomic E-state index is 5.92. The van der Waals surface area contributed by atoms with Crippen LogP contribution in [0.4, 0.5) is 0 Å². The second-order valence-electron chi connectivity index (χ2n) is 4.05. The molecule has 0 amide bonds. The van der Waals surface area contributed by atoms with Gasteiger partial charge in [0.25, 0.3) is 0 Å². The number of benzene rings is 2. The van der Waals surface area contributed by atoms with Gasteiger partial charge in [0.15, 0.2) is 0 Å². The van der Waals surface area contributed by atoms with E-state index < -0.39 is 0 Å². The summed E-state index contributed by atoms with van der Waals surface area (Å²) in [5.74, 6) is 0.257. The van der Waals surface area contributed by atoms with Crippen molar-refractivity contribution in [3.05, 3.63) is 70.7 Å². The fourth-order valence-corrected chi connectivity index (χ4v) is 1.79. The zero-order valence-electron chi connectivity index (χ0n) is 11.0. The van der Waals surface area contributed by atoms with Crippen LogP contribution in [0.5, 0.6) is 0 Å². The molecule has 2 aromatic carbocycles. The molecular formula is C15H15ClN4. The highest BCUT2D eigenvalue weighted by Crippen LogP contribution is 2.14. The van der Waals surface area contributed by atoms with Gasteiger partial charge in [-0.2, -0.15) is 5.10 Å². The summed E-state index contributed by atoms with van der Waals surface area (Å²) in [5, 5.41) is 5.02. The zero-order chi connectivity index (χ0) is 14.4. The number of nitrogens with one attached hydrogen (secondary N) is 1. The molecule has 4 nitrogen and oxygen atoms in total. The first-order chi connectivity index (χ1) is 9.70. The number of rotatable bonds is 3. The highest BCUT2D eigenvalue weighted by Gasteiger charge is 2.07. The average Bonchev–Trinajstić information content (AvgIpc) is 2.50. The van der Waals surface area contributed by atoms with Crippen LogP contribution in [0.2, 0.25) is 5.02 Å². The van der Waals surface area contributed by atoms with Gasteiger partial charge in [-0.15, -0.1) is 0 Å². The van der Waals surface area contributed by atoms with Gasteiger partial charge in [-0.25, -0.2) is 5.43 Å². The topological polar surface area (TPSA) is 62.8 Å². The molecule has 20 heavy (non-hydrogen) atoms. The molecule has 3 N–H and O–H groups in total. The standard InChI is InChI=1S/C15H15ClN4/c1-18-15(17)20-19-14(11-5-3-2-4-6-11)12-7-9-13(16)10-8-12/h2-10H,1H3,(H3,17,18,20)/b19-14-. The van der Waals surface area contributed by atoms with Gasteiger partial charge in [-0.1, -0.05) is 54.1 Å². The Hall–Kier alpha value is -2.33. The van der Waals surface area contributed by atoms with Gasteiger partial charge in [0, 0.05) is 23.2 Å². The minimum atomic E-state index is 0.257. The minimum Gasteiger partial charge on any atom is -0.369 e. The van der Waals surface area contributed by atoms with Crippen molar-refractivity contribution in [2.75, 3.05) is 7.05 Å². The SMILES string of the molecule is CN=C(N)N/N=C(/c1ccccc1)c1ccc(Cl)cc1. The lowest BCUT2D eigenvalue weighted by Crippen LogP contribution is -2.28. The molecule has 0 fully saturated rings. The van der Waals surface area contributed by atoms with E-state index in [1.165, 1.54) is 0 Å². The maximum atomic E-state index is 5.92. The third-order valence-electron chi connectivity index (χ3n) is 2.69. The molecule has 2 rings (SSSR count). The maximum Gasteiger partial charge on any atom is 0.209 e. The lowest BCUT2D eigenvalue weighted by atomic mass is 10.0. The lowest BCUT2D eigenvalue weighted by molar-refractivity contribution is 0.999. The summed E-state index contributed by atoms with van der Waals surface area (Å²) in [4.78, 5) is 3.82. The van der Waals surface area contributed by atoms with Crippen LogP contribution >= 0.6 is 11.6 Å². The molecule has 5 heteroatoms. The van der Waals surface area contributed by atoms with Gasteiger partial charge in [0.2, 0.25) is 5.96 Å². The molecule has 0 aliphatic carbocycles. The van der Waals surface area contributed by atoms with Crippen molar-refractivity contribution in [2.45, 2.75) is 0 Å². The zero-order valence-corrected chi connectivity index (χ0v) is 11.8. The normalized spacial score (nSPS) is 12.3. The Balaban J connectivity index is 2.41. The quantitative estimate of drug-likeness (QED) is 0.518. The van der Waals surface area contributed by atoms with Crippen molar-refractivity contribution in [3.8, 4) is 0 Å². The van der Waals surface area contributed by atoms with Crippen molar-refractivity contribution < 1.29 is 0 Å². The van der Waals surface area contributed by atoms with E-state index in [0.717, 1.165) is 16.8 Å². The average molecular weight is 287 g/mol. The molecule has 0 bridgehead atoms. The van der Waals surface area contributed by atoms with Crippen molar-refractivity contribution in [1.29, 1.82) is 0 Å². The number of nitrogens with two attached hydrogens (primary N) is 1. The van der Waals surface area contributed by atoms with Gasteiger partial charge in [0.1, 0.15) is 0 Å². The summed E-state index contributed by atoms with van der Waals surface area (Å²) in [7, 11) is 1.60. The van der Waals surface area contributed by atoms with E-state index in [9.17, 15) is 0 Å². The number of hydrazone groups is 1. The molecule has 0 unspecified atom stereocenters. The van der Waals surface area contributed by atoms with E-state index in [-0.39, 0.29) is 5.96 Å². The minimum absolute atomic E-state index is 0.257. The van der Waals surface area contributed by atoms with E-state index in [1.54, 1.807) is 7.05 Å². The van der Waals surface area contributed by atoms with Crippen LogP contribution in [0.3, 0.4) is 0 Å². The fraction of sp³-hybridized carbons (Fsp3) is 0.0667. The molecule has 0 heterocycles. The molecule has 2 aromatic rings. The van der Waals surface area contributed by atoms with Gasteiger partial charge in [-0.05, 0) is 12.1 Å². The number of hydrogen-bond acceptors (Lipinski definition) is 2. The van der Waals surface area contributed by atoms with E-state index >= 15 is 0 Å². The van der Waals surface area contributed by atoms with Crippen LogP contribution in [-0.2, 0) is 0 Å². The monoisotopic (exact) mass is 286 g/mol. The molecule has 0 aliphatic heterocycles. The van der Waals surface area contributed by atoms with Crippen LogP contribution in [-0.4, -0.2) is 18.7 Å². The molecule has 0 radical (unpaired) electrons. The van der Waals surface area contributed by atoms with Crippen LogP contribution in [0.15, 0.2) is 64.7 Å². The summed E-state index contributed by atoms with van der Waals surface area (Å²) in [5.41, 5.74) is 11.0. The van der Waals surface area contributed by atoms with Crippen LogP contribution in [0, 0.1) is 0 Å². The Kier molecular flexibility index (Phi) is 4.74. The molecule has 0 atom stereocenters. The van der Waals surface area contributed by atoms with E-state index in [2.05, 4.69) is 15.5 Å². The molecule has 102 valence electrons. The van der Waals surface area contributed by atoms with Crippen molar-refractivity contribution in [1.82, 2.24) is 5.43 Å². The smallest absolute Gasteiger partial charge is 0.209 e. The van der Waals surface area contributed by atoms with E-state index in [0.29, 0.717) is 5.02 Å². The third-order valence-corrected chi connectivity index (χ3v) is 2.94. The van der Waals surface area contributed by atoms with Crippen molar-refractivity contribution in [3.63, 3.8) is 0 Å². The predicted octanol–water partition coefficient (Wildman–Crippen LogP) is 2.63. The molecule has 0 aliphatic rings. The van der Waals surface area contributed by atoms with Gasteiger partial charge >= 0.3 is 0 Å². The second-order valence-corrected chi connectivity index (χ2v) is 4.49. The Bertz CT molecular complexity index is 618. The summed E-state index contributed by atoms with van der Waals surface area (Å²) < 4.78 is 0. The Morgan fingerprint density at radius 2 is 1.60 bits per heavy atom. The Morgan fingerprint density at radius 1 is 1.00 bits per heavy atom. The molecule has 0 spiro atoms. The first kappa shape index (κ1) is 14.1. The largest absolute Gasteiger partial charge is 0.369 e. The summed E-state index contributed by atoms with van der Waals surface area (Å²) in [6, 6.07) is 17.3. The van der Waals surface area contributed by atoms with Crippen molar-refractivity contribution >= 4 is 23.3 Å². The summed E-state index contributed by atoms with van der Waals surface area (Å²) >= 11 is 5.92. The van der Waals surface area contributed by atoms with Crippen LogP contribution in [0.1, 0.15) is 11.1 Å². The Morgan fingerprint density at radius 3 is 2.20 bits per heavy atom. The second kappa shape index (κ2) is 6.73. The van der Waals surface area contributed by atoms with Gasteiger partial charge in [0.05, 0.1) is 5.71 Å². The number of guanidine groups is 1. The van der Waals surface area contributed by atoms with Crippen molar-refractivity contribution in [2.24, 2.45) is 15.8 Å². The van der Waals surface area contributed by atoms with Crippen LogP contribution < -0.4 is 11.2 Å². The highest BCUT2D eigenvalue weighted by molar-refractivity contribution is 6.30. The van der Waals surface area contributed by atoms with E-state index in [1.807, 2.05) is 54.6 Å². The van der Waals surface area contributed by atoms with Crippen LogP contribution in [0.25, 0.3) is 0 Å². The summed E-state index contributed by atoms with van der Waals surface area (Å²) in [6.07, 6.45) is 0. The molecule has 0 saturated carbocycles. The molecule has 0 saturated heterocycles. The molecular weight excluding hydrogens is 272 g/mol. The molecule has 0 aromatic heterocycles. The number of halogens is 1. The number of hydrogen-bond donors (Lipinski definition) is 2. The Labute approximate surface area is 123 Å². The van der Waals surface area contributed by atoms with Gasteiger partial charge < -0.3 is 5.73 Å². The third kappa shape index (κ3) is 3.59. The number of aliphatic imine (C=N–C) groups is 1. The number of nitrogens with zero attached hydrogens (tertiary/aromatic N) is 2. The lowest BCUT2D eigenvalue weighted by Gasteiger charge is -2.08. The van der Waals surface area contributed by atoms with E-state index in [4.69, 9.17) is 17.3 Å². The first-order valence-electron chi connectivity index (χ1n) is 6.08. The first-order valence-corrected chi connectivity index (χ1v) is 6.46. The predicted molar refractivity (Wildman–Crippen MR) is 84.2 cm³/mol.